The summed E-state index contributed by atoms with van der Waals surface area (Å²) in [4.78, 5) is 2.06. The van der Waals surface area contributed by atoms with Crippen molar-refractivity contribution in [2.75, 3.05) is 14.1 Å². The fourth-order valence-corrected chi connectivity index (χ4v) is 1.86. The second-order valence-electron chi connectivity index (χ2n) is 5.45. The van der Waals surface area contributed by atoms with Gasteiger partial charge in [-0.25, -0.2) is 0 Å². The third-order valence-corrected chi connectivity index (χ3v) is 3.63. The van der Waals surface area contributed by atoms with E-state index in [9.17, 15) is 5.11 Å². The summed E-state index contributed by atoms with van der Waals surface area (Å²) in [6.07, 6.45) is 1.74. The van der Waals surface area contributed by atoms with Gasteiger partial charge in [0.25, 0.3) is 0 Å². The first-order chi connectivity index (χ1) is 7.89. The van der Waals surface area contributed by atoms with Gasteiger partial charge in [-0.1, -0.05) is 37.6 Å². The van der Waals surface area contributed by atoms with Gasteiger partial charge in [0.05, 0.1) is 6.10 Å². The number of aliphatic hydroxyl groups is 1. The summed E-state index contributed by atoms with van der Waals surface area (Å²) < 4.78 is 0. The van der Waals surface area contributed by atoms with Gasteiger partial charge in [-0.15, -0.1) is 0 Å². The zero-order valence-electron chi connectivity index (χ0n) is 11.7. The molecule has 0 amide bonds. The lowest BCUT2D eigenvalue weighted by atomic mass is 9.89. The van der Waals surface area contributed by atoms with Crippen LogP contribution in [0.5, 0.6) is 0 Å². The minimum Gasteiger partial charge on any atom is -0.386 e. The van der Waals surface area contributed by atoms with Crippen molar-refractivity contribution in [1.82, 2.24) is 4.90 Å². The first kappa shape index (κ1) is 14.2. The molecule has 2 heteroatoms. The molecule has 2 nitrogen and oxygen atoms in total. The van der Waals surface area contributed by atoms with Gasteiger partial charge >= 0.3 is 0 Å². The van der Waals surface area contributed by atoms with Crippen molar-refractivity contribution in [3.8, 4) is 0 Å². The Balaban J connectivity index is 2.96. The fourth-order valence-electron chi connectivity index (χ4n) is 1.86. The van der Waals surface area contributed by atoms with Crippen molar-refractivity contribution in [3.63, 3.8) is 0 Å². The maximum Gasteiger partial charge on any atom is 0.0968 e. The number of hydrogen-bond donors (Lipinski definition) is 1. The molecule has 1 atom stereocenters. The molecule has 1 rings (SSSR count). The lowest BCUT2D eigenvalue weighted by molar-refractivity contribution is 0.0163. The fraction of sp³-hybridized carbons (Fsp3) is 0.600. The van der Waals surface area contributed by atoms with Crippen molar-refractivity contribution in [2.45, 2.75) is 45.3 Å². The summed E-state index contributed by atoms with van der Waals surface area (Å²) in [5.74, 6) is 0. The van der Waals surface area contributed by atoms with Gasteiger partial charge in [-0.2, -0.15) is 0 Å². The quantitative estimate of drug-likeness (QED) is 0.848. The highest BCUT2D eigenvalue weighted by Crippen LogP contribution is 2.29. The molecule has 0 aliphatic heterocycles. The van der Waals surface area contributed by atoms with E-state index >= 15 is 0 Å². The minimum atomic E-state index is -0.464. The normalized spacial score (nSPS) is 14.1. The summed E-state index contributed by atoms with van der Waals surface area (Å²) in [6, 6.07) is 8.30. The van der Waals surface area contributed by atoms with E-state index < -0.39 is 6.10 Å². The molecule has 1 aromatic rings. The topological polar surface area (TPSA) is 23.5 Å². The van der Waals surface area contributed by atoms with Crippen molar-refractivity contribution in [2.24, 2.45) is 0 Å². The van der Waals surface area contributed by atoms with Crippen LogP contribution in [-0.4, -0.2) is 29.6 Å². The molecule has 0 saturated heterocycles. The largest absolute Gasteiger partial charge is 0.386 e. The van der Waals surface area contributed by atoms with Crippen LogP contribution in [0.3, 0.4) is 0 Å². The third kappa shape index (κ3) is 3.30. The van der Waals surface area contributed by atoms with Crippen molar-refractivity contribution in [1.29, 1.82) is 0 Å². The molecule has 0 radical (unpaired) electrons. The Hall–Kier alpha value is -0.860. The first-order valence-electron chi connectivity index (χ1n) is 6.34. The van der Waals surface area contributed by atoms with Crippen molar-refractivity contribution < 1.29 is 5.11 Å². The second kappa shape index (κ2) is 5.65. The van der Waals surface area contributed by atoms with Crippen LogP contribution in [0.25, 0.3) is 0 Å². The molecule has 0 aromatic heterocycles. The smallest absolute Gasteiger partial charge is 0.0968 e. The van der Waals surface area contributed by atoms with Gasteiger partial charge in [0.1, 0.15) is 0 Å². The molecule has 1 N–H and O–H groups in total. The molecule has 1 aromatic carbocycles. The predicted octanol–water partition coefficient (Wildman–Crippen LogP) is 3.01. The maximum atomic E-state index is 10.5. The number of aryl methyl sites for hydroxylation is 1. The molecular formula is C15H25NO. The molecule has 0 saturated carbocycles. The van der Waals surface area contributed by atoms with E-state index in [1.54, 1.807) is 0 Å². The lowest BCUT2D eigenvalue weighted by Gasteiger charge is -2.37. The predicted molar refractivity (Wildman–Crippen MR) is 73.2 cm³/mol. The summed E-state index contributed by atoms with van der Waals surface area (Å²) in [5, 5.41) is 10.5. The summed E-state index contributed by atoms with van der Waals surface area (Å²) in [5.41, 5.74) is 2.05. The first-order valence-corrected chi connectivity index (χ1v) is 6.34. The van der Waals surface area contributed by atoms with E-state index in [1.165, 1.54) is 5.56 Å². The Morgan fingerprint density at radius 1 is 1.29 bits per heavy atom. The van der Waals surface area contributed by atoms with Crippen LogP contribution in [0.2, 0.25) is 0 Å². The van der Waals surface area contributed by atoms with Gasteiger partial charge in [-0.05, 0) is 45.5 Å². The molecule has 96 valence electrons. The van der Waals surface area contributed by atoms with E-state index in [2.05, 4.69) is 37.8 Å². The summed E-state index contributed by atoms with van der Waals surface area (Å²) in [7, 11) is 4.00. The highest BCUT2D eigenvalue weighted by atomic mass is 16.3. The number of nitrogens with zero attached hydrogens (tertiary/aromatic N) is 1. The van der Waals surface area contributed by atoms with E-state index in [1.807, 2.05) is 26.2 Å². The molecule has 0 bridgehead atoms. The van der Waals surface area contributed by atoms with Crippen LogP contribution in [0, 0.1) is 0 Å². The zero-order valence-corrected chi connectivity index (χ0v) is 11.7. The number of likely N-dealkylation sites (N-methyl/N-ethyl adjacent to an activating group) is 1. The zero-order chi connectivity index (χ0) is 13.1. The molecule has 17 heavy (non-hydrogen) atoms. The standard InChI is InChI=1S/C15H25NO/c1-6-8-12-9-7-10-13(11-12)14(17)15(2,3)16(4)5/h7,9-11,14,17H,6,8H2,1-5H3. The van der Waals surface area contributed by atoms with E-state index in [-0.39, 0.29) is 5.54 Å². The van der Waals surface area contributed by atoms with Crippen molar-refractivity contribution >= 4 is 0 Å². The highest BCUT2D eigenvalue weighted by Gasteiger charge is 2.31. The number of aliphatic hydroxyl groups excluding tert-OH is 1. The molecule has 0 aliphatic carbocycles. The summed E-state index contributed by atoms with van der Waals surface area (Å²) in [6.45, 7) is 6.29. The Kier molecular flexibility index (Phi) is 4.72. The van der Waals surface area contributed by atoms with Gasteiger partial charge in [-0.3, -0.25) is 0 Å². The Morgan fingerprint density at radius 3 is 2.47 bits per heavy atom. The maximum absolute atomic E-state index is 10.5. The van der Waals surface area contributed by atoms with Gasteiger partial charge in [0.2, 0.25) is 0 Å². The van der Waals surface area contributed by atoms with Crippen LogP contribution in [0.4, 0.5) is 0 Å². The van der Waals surface area contributed by atoms with Gasteiger partial charge in [0.15, 0.2) is 0 Å². The van der Waals surface area contributed by atoms with Crippen LogP contribution < -0.4 is 0 Å². The SMILES string of the molecule is CCCc1cccc(C(O)C(C)(C)N(C)C)c1. The second-order valence-corrected chi connectivity index (χ2v) is 5.45. The molecule has 0 fully saturated rings. The van der Waals surface area contributed by atoms with Crippen molar-refractivity contribution in [3.05, 3.63) is 35.4 Å². The number of rotatable bonds is 5. The molecular weight excluding hydrogens is 210 g/mol. The van der Waals surface area contributed by atoms with Crippen LogP contribution >= 0.6 is 0 Å². The number of benzene rings is 1. The van der Waals surface area contributed by atoms with E-state index in [4.69, 9.17) is 0 Å². The summed E-state index contributed by atoms with van der Waals surface area (Å²) >= 11 is 0. The van der Waals surface area contributed by atoms with Crippen LogP contribution in [0.15, 0.2) is 24.3 Å². The van der Waals surface area contributed by atoms with Crippen LogP contribution in [0.1, 0.15) is 44.4 Å². The van der Waals surface area contributed by atoms with E-state index in [0.29, 0.717) is 0 Å². The molecule has 0 spiro atoms. The van der Waals surface area contributed by atoms with Gasteiger partial charge in [0, 0.05) is 5.54 Å². The monoisotopic (exact) mass is 235 g/mol. The van der Waals surface area contributed by atoms with Gasteiger partial charge < -0.3 is 10.0 Å². The number of hydrogen-bond acceptors (Lipinski definition) is 2. The average molecular weight is 235 g/mol. The molecule has 1 unspecified atom stereocenters. The Labute approximate surface area is 105 Å². The Morgan fingerprint density at radius 2 is 1.94 bits per heavy atom. The minimum absolute atomic E-state index is 0.259. The average Bonchev–Trinajstić information content (AvgIpc) is 2.28. The van der Waals surface area contributed by atoms with E-state index in [0.717, 1.165) is 18.4 Å². The molecule has 0 heterocycles. The lowest BCUT2D eigenvalue weighted by Crippen LogP contribution is -2.43. The highest BCUT2D eigenvalue weighted by molar-refractivity contribution is 5.27. The third-order valence-electron chi connectivity index (χ3n) is 3.63. The molecule has 0 aliphatic rings. The Bertz CT molecular complexity index is 358. The van der Waals surface area contributed by atoms with Crippen LogP contribution in [-0.2, 0) is 6.42 Å².